The highest BCUT2D eigenvalue weighted by molar-refractivity contribution is 6.30. The molecule has 2 rings (SSSR count). The Hall–Kier alpha value is -3.02. The second-order valence-corrected chi connectivity index (χ2v) is 4.32. The molecule has 0 saturated carbocycles. The molecule has 2 aromatic carbocycles. The van der Waals surface area contributed by atoms with Gasteiger partial charge in [0.2, 0.25) is 5.71 Å². The number of anilines is 1. The van der Waals surface area contributed by atoms with Gasteiger partial charge in [-0.3, -0.25) is 5.43 Å². The molecule has 2 aromatic rings. The normalized spacial score (nSPS) is 9.10. The number of halogens is 1. The van der Waals surface area contributed by atoms with Crippen LogP contribution in [0.4, 0.5) is 5.69 Å². The maximum Gasteiger partial charge on any atom is 0.237 e. The molecule has 0 heterocycles. The highest BCUT2D eigenvalue weighted by atomic mass is 35.5. The number of nitriles is 2. The van der Waals surface area contributed by atoms with Crippen molar-refractivity contribution >= 4 is 23.0 Å². The monoisotopic (exact) mass is 296 g/mol. The summed E-state index contributed by atoms with van der Waals surface area (Å²) in [5, 5.41) is 21.4. The van der Waals surface area contributed by atoms with E-state index in [-0.39, 0.29) is 5.71 Å². The predicted molar refractivity (Wildman–Crippen MR) is 80.3 cm³/mol. The number of hydrogen-bond acceptors (Lipinski definition) is 5. The van der Waals surface area contributed by atoms with E-state index in [0.717, 1.165) is 0 Å². The van der Waals surface area contributed by atoms with E-state index in [1.54, 1.807) is 60.7 Å². The summed E-state index contributed by atoms with van der Waals surface area (Å²) in [6, 6.07) is 17.3. The minimum absolute atomic E-state index is 0.241. The lowest BCUT2D eigenvalue weighted by Crippen LogP contribution is -1.96. The van der Waals surface area contributed by atoms with Crippen molar-refractivity contribution in [2.45, 2.75) is 0 Å². The van der Waals surface area contributed by atoms with Crippen molar-refractivity contribution in [3.05, 3.63) is 53.6 Å². The van der Waals surface area contributed by atoms with E-state index in [4.69, 9.17) is 26.9 Å². The van der Waals surface area contributed by atoms with Crippen LogP contribution in [0.25, 0.3) is 0 Å². The van der Waals surface area contributed by atoms with Crippen LogP contribution in [0.15, 0.2) is 53.6 Å². The Morgan fingerprint density at radius 2 is 1.76 bits per heavy atom. The van der Waals surface area contributed by atoms with Crippen molar-refractivity contribution in [2.24, 2.45) is 5.10 Å². The number of rotatable bonds is 4. The van der Waals surface area contributed by atoms with Crippen molar-refractivity contribution in [3.63, 3.8) is 0 Å². The SMILES string of the molecule is N#CC(C#N)=NNc1ccc(Oc2cccc(Cl)c2)cc1. The van der Waals surface area contributed by atoms with Gasteiger partial charge in [-0.1, -0.05) is 17.7 Å². The van der Waals surface area contributed by atoms with Gasteiger partial charge in [-0.15, -0.1) is 0 Å². The van der Waals surface area contributed by atoms with Crippen molar-refractivity contribution in [1.82, 2.24) is 0 Å². The van der Waals surface area contributed by atoms with E-state index in [0.29, 0.717) is 22.2 Å². The van der Waals surface area contributed by atoms with Crippen LogP contribution < -0.4 is 10.2 Å². The molecule has 0 atom stereocenters. The molecule has 0 unspecified atom stereocenters. The first kappa shape index (κ1) is 14.4. The smallest absolute Gasteiger partial charge is 0.237 e. The molecule has 21 heavy (non-hydrogen) atoms. The van der Waals surface area contributed by atoms with Gasteiger partial charge in [0.05, 0.1) is 5.69 Å². The van der Waals surface area contributed by atoms with Crippen LogP contribution in [0.2, 0.25) is 5.02 Å². The van der Waals surface area contributed by atoms with Crippen LogP contribution in [-0.2, 0) is 0 Å². The molecule has 6 heteroatoms. The summed E-state index contributed by atoms with van der Waals surface area (Å²) in [5.74, 6) is 1.27. The number of benzene rings is 2. The summed E-state index contributed by atoms with van der Waals surface area (Å²) in [7, 11) is 0. The lowest BCUT2D eigenvalue weighted by atomic mass is 10.3. The summed E-state index contributed by atoms with van der Waals surface area (Å²) < 4.78 is 5.63. The van der Waals surface area contributed by atoms with Gasteiger partial charge in [0, 0.05) is 5.02 Å². The molecule has 5 nitrogen and oxygen atoms in total. The Morgan fingerprint density at radius 3 is 2.38 bits per heavy atom. The molecule has 0 radical (unpaired) electrons. The molecule has 0 saturated heterocycles. The van der Waals surface area contributed by atoms with Gasteiger partial charge in [-0.05, 0) is 42.5 Å². The van der Waals surface area contributed by atoms with E-state index in [9.17, 15) is 0 Å². The van der Waals surface area contributed by atoms with Gasteiger partial charge >= 0.3 is 0 Å². The van der Waals surface area contributed by atoms with Crippen molar-refractivity contribution < 1.29 is 4.74 Å². The Bertz CT molecular complexity index is 726. The van der Waals surface area contributed by atoms with Crippen molar-refractivity contribution in [1.29, 1.82) is 10.5 Å². The van der Waals surface area contributed by atoms with Crippen molar-refractivity contribution in [2.75, 3.05) is 5.43 Å². The zero-order valence-electron chi connectivity index (χ0n) is 10.7. The van der Waals surface area contributed by atoms with Gasteiger partial charge in [0.15, 0.2) is 0 Å². The third-order valence-electron chi connectivity index (χ3n) is 2.39. The summed E-state index contributed by atoms with van der Waals surface area (Å²) in [6.07, 6.45) is 0. The molecule has 0 amide bonds. The summed E-state index contributed by atoms with van der Waals surface area (Å²) >= 11 is 5.88. The standard InChI is InChI=1S/C15H9ClN4O/c16-11-2-1-3-15(8-11)21-14-6-4-12(5-7-14)19-20-13(9-17)10-18/h1-8,19H. The fourth-order valence-corrected chi connectivity index (χ4v) is 1.64. The Kier molecular flexibility index (Phi) is 4.76. The first-order valence-electron chi connectivity index (χ1n) is 5.88. The zero-order valence-corrected chi connectivity index (χ0v) is 11.5. The molecular weight excluding hydrogens is 288 g/mol. The van der Waals surface area contributed by atoms with Crippen LogP contribution in [0.3, 0.4) is 0 Å². The Labute approximate surface area is 126 Å². The highest BCUT2D eigenvalue weighted by Crippen LogP contribution is 2.25. The molecule has 0 aromatic heterocycles. The number of hydrazone groups is 1. The molecule has 102 valence electrons. The van der Waals surface area contributed by atoms with Crippen LogP contribution in [0.1, 0.15) is 0 Å². The Balaban J connectivity index is 2.04. The predicted octanol–water partition coefficient (Wildman–Crippen LogP) is 3.95. The van der Waals surface area contributed by atoms with E-state index < -0.39 is 0 Å². The van der Waals surface area contributed by atoms with Gasteiger partial charge in [-0.2, -0.15) is 15.6 Å². The minimum Gasteiger partial charge on any atom is -0.457 e. The second kappa shape index (κ2) is 6.95. The maximum absolute atomic E-state index is 8.56. The second-order valence-electron chi connectivity index (χ2n) is 3.88. The van der Waals surface area contributed by atoms with Gasteiger partial charge in [0.1, 0.15) is 23.6 Å². The van der Waals surface area contributed by atoms with Gasteiger partial charge in [0.25, 0.3) is 0 Å². The number of ether oxygens (including phenoxy) is 1. The Morgan fingerprint density at radius 1 is 1.05 bits per heavy atom. The van der Waals surface area contributed by atoms with E-state index in [1.165, 1.54) is 0 Å². The lowest BCUT2D eigenvalue weighted by Gasteiger charge is -2.06. The van der Waals surface area contributed by atoms with Crippen LogP contribution in [0, 0.1) is 22.7 Å². The molecule has 0 aliphatic rings. The van der Waals surface area contributed by atoms with E-state index in [1.807, 2.05) is 0 Å². The van der Waals surface area contributed by atoms with Crippen LogP contribution in [0.5, 0.6) is 11.5 Å². The summed E-state index contributed by atoms with van der Waals surface area (Å²) in [4.78, 5) is 0. The van der Waals surface area contributed by atoms with Crippen molar-refractivity contribution in [3.8, 4) is 23.6 Å². The quantitative estimate of drug-likeness (QED) is 0.684. The first-order valence-corrected chi connectivity index (χ1v) is 6.26. The average molecular weight is 297 g/mol. The first-order chi connectivity index (χ1) is 10.2. The van der Waals surface area contributed by atoms with E-state index >= 15 is 0 Å². The summed E-state index contributed by atoms with van der Waals surface area (Å²) in [6.45, 7) is 0. The van der Waals surface area contributed by atoms with Gasteiger partial charge < -0.3 is 4.74 Å². The largest absolute Gasteiger partial charge is 0.457 e. The number of nitrogens with one attached hydrogen (secondary N) is 1. The highest BCUT2D eigenvalue weighted by Gasteiger charge is 1.99. The number of nitrogens with zero attached hydrogens (tertiary/aromatic N) is 3. The topological polar surface area (TPSA) is 81.2 Å². The molecule has 0 aliphatic heterocycles. The molecule has 0 bridgehead atoms. The maximum atomic E-state index is 8.56. The zero-order chi connectivity index (χ0) is 15.1. The van der Waals surface area contributed by atoms with Crippen LogP contribution >= 0.6 is 11.6 Å². The molecular formula is C15H9ClN4O. The average Bonchev–Trinajstić information content (AvgIpc) is 2.50. The third-order valence-corrected chi connectivity index (χ3v) is 2.63. The summed E-state index contributed by atoms with van der Waals surface area (Å²) in [5.41, 5.74) is 3.01. The molecule has 0 fully saturated rings. The lowest BCUT2D eigenvalue weighted by molar-refractivity contribution is 0.483. The van der Waals surface area contributed by atoms with E-state index in [2.05, 4.69) is 10.5 Å². The molecule has 0 spiro atoms. The molecule has 1 N–H and O–H groups in total. The third kappa shape index (κ3) is 4.24. The van der Waals surface area contributed by atoms with Crippen LogP contribution in [-0.4, -0.2) is 5.71 Å². The van der Waals surface area contributed by atoms with Gasteiger partial charge in [-0.25, -0.2) is 0 Å². The molecule has 0 aliphatic carbocycles. The number of hydrogen-bond donors (Lipinski definition) is 1. The fourth-order valence-electron chi connectivity index (χ4n) is 1.46. The fraction of sp³-hybridized carbons (Fsp3) is 0. The minimum atomic E-state index is -0.241.